The van der Waals surface area contributed by atoms with Crippen molar-refractivity contribution in [2.24, 2.45) is 16.2 Å². The topological polar surface area (TPSA) is 23.8 Å². The molecule has 0 rings (SSSR count). The van der Waals surface area contributed by atoms with E-state index >= 15 is 0 Å². The number of hydrogen-bond donors (Lipinski definition) is 0. The molecule has 0 N–H and O–H groups in total. The van der Waals surface area contributed by atoms with Crippen LogP contribution in [0.2, 0.25) is 0 Å². The number of hydrogen-bond acceptors (Lipinski definition) is 1. The Labute approximate surface area is 122 Å². The van der Waals surface area contributed by atoms with E-state index in [1.165, 1.54) is 0 Å². The molecular formula is C15H33MoN-3. The molecular weight excluding hydrogens is 290 g/mol. The van der Waals surface area contributed by atoms with E-state index < -0.39 is 0 Å². The van der Waals surface area contributed by atoms with Crippen molar-refractivity contribution in [2.75, 3.05) is 0 Å². The van der Waals surface area contributed by atoms with Crippen molar-refractivity contribution in [1.82, 2.24) is 0 Å². The van der Waals surface area contributed by atoms with Gasteiger partial charge in [0.2, 0.25) is 0 Å². The third-order valence-corrected chi connectivity index (χ3v) is 0. The van der Waals surface area contributed by atoms with E-state index in [1.54, 1.807) is 0 Å². The summed E-state index contributed by atoms with van der Waals surface area (Å²) in [4.78, 5) is 0. The molecule has 0 bridgehead atoms. The van der Waals surface area contributed by atoms with Crippen molar-refractivity contribution < 1.29 is 19.4 Å². The molecule has 1 nitrogen and oxygen atoms in total. The maximum atomic E-state index is 7.01. The van der Waals surface area contributed by atoms with Gasteiger partial charge in [-0.1, -0.05) is 62.3 Å². The molecule has 0 saturated carbocycles. The van der Waals surface area contributed by atoms with Crippen LogP contribution in [0.5, 0.6) is 0 Å². The van der Waals surface area contributed by atoms with Gasteiger partial charge in [0.05, 0.1) is 0 Å². The molecule has 2 heteroatoms. The van der Waals surface area contributed by atoms with Gasteiger partial charge in [-0.05, 0) is 0 Å². The first-order valence-electron chi connectivity index (χ1n) is 5.74. The molecule has 17 heavy (non-hydrogen) atoms. The molecule has 107 valence electrons. The van der Waals surface area contributed by atoms with Gasteiger partial charge in [0.1, 0.15) is 0 Å². The van der Waals surface area contributed by atoms with Crippen molar-refractivity contribution in [2.45, 2.75) is 62.3 Å². The van der Waals surface area contributed by atoms with Crippen LogP contribution in [0, 0.1) is 40.7 Å². The first kappa shape index (κ1) is 26.1. The zero-order valence-corrected chi connectivity index (χ0v) is 15.5. The van der Waals surface area contributed by atoms with Gasteiger partial charge in [0, 0.05) is 0 Å². The fourth-order valence-electron chi connectivity index (χ4n) is 0. The summed E-state index contributed by atoms with van der Waals surface area (Å²) in [5.41, 5.74) is 0.750. The van der Waals surface area contributed by atoms with Crippen molar-refractivity contribution in [3.63, 3.8) is 0 Å². The summed E-state index contributed by atoms with van der Waals surface area (Å²) in [6.45, 7) is 30.0. The Kier molecular flexibility index (Phi) is 17.6. The molecule has 0 atom stereocenters. The van der Waals surface area contributed by atoms with Gasteiger partial charge >= 0.3 is 23.2 Å². The molecule has 0 spiro atoms. The Morgan fingerprint density at radius 1 is 0.529 bits per heavy atom. The van der Waals surface area contributed by atoms with Gasteiger partial charge in [-0.3, -0.25) is 0 Å². The molecule has 0 aliphatic carbocycles. The summed E-state index contributed by atoms with van der Waals surface area (Å²) >= 11 is 0.950. The van der Waals surface area contributed by atoms with Crippen LogP contribution in [-0.2, 0) is 19.4 Å². The van der Waals surface area contributed by atoms with Crippen LogP contribution in [0.1, 0.15) is 62.3 Å². The average molecular weight is 323 g/mol. The normalized spacial score (nSPS) is 10.7. The van der Waals surface area contributed by atoms with Crippen molar-refractivity contribution in [1.29, 1.82) is 3.73 Å². The van der Waals surface area contributed by atoms with Crippen molar-refractivity contribution in [3.05, 3.63) is 20.8 Å². The maximum absolute atomic E-state index is 7.01. The molecule has 0 radical (unpaired) electrons. The summed E-state index contributed by atoms with van der Waals surface area (Å²) in [6.07, 6.45) is 0. The van der Waals surface area contributed by atoms with Crippen LogP contribution in [0.15, 0.2) is 0 Å². The predicted octanol–water partition coefficient (Wildman–Crippen LogP) is 5.61. The van der Waals surface area contributed by atoms with Gasteiger partial charge in [0.15, 0.2) is 0 Å². The molecule has 0 aromatic rings. The zero-order valence-electron chi connectivity index (χ0n) is 13.5. The quantitative estimate of drug-likeness (QED) is 0.420. The SMILES string of the molecule is [CH2-]C(C)(C)C.[CH2-]C(C)(C)C.[CH2-]C(C)(C)C.[N]#[Mo]. The Balaban J connectivity index is -0.0000000693. The summed E-state index contributed by atoms with van der Waals surface area (Å²) < 4.78 is 7.01. The standard InChI is InChI=1S/3C5H11.Mo.N/c3*1-5(2,3)4;;/h3*1H2,2-4H3;;/q3*-1;;. The molecule has 0 aliphatic heterocycles. The van der Waals surface area contributed by atoms with Gasteiger partial charge in [-0.15, -0.1) is 0 Å². The number of rotatable bonds is 0. The van der Waals surface area contributed by atoms with E-state index in [4.69, 9.17) is 3.73 Å². The Morgan fingerprint density at radius 2 is 0.529 bits per heavy atom. The molecule has 0 saturated heterocycles. The van der Waals surface area contributed by atoms with Crippen molar-refractivity contribution in [3.8, 4) is 0 Å². The fourth-order valence-corrected chi connectivity index (χ4v) is 0. The average Bonchev–Trinajstić information content (AvgIpc) is 1.77. The van der Waals surface area contributed by atoms with E-state index in [9.17, 15) is 0 Å². The van der Waals surface area contributed by atoms with E-state index in [0.717, 1.165) is 19.4 Å². The minimum absolute atomic E-state index is 0.250. The predicted molar refractivity (Wildman–Crippen MR) is 76.2 cm³/mol. The Hall–Kier alpha value is 0.398. The first-order valence-corrected chi connectivity index (χ1v) is 6.64. The molecule has 0 amide bonds. The summed E-state index contributed by atoms with van der Waals surface area (Å²) in [5.74, 6) is 0. The van der Waals surface area contributed by atoms with Crippen LogP contribution in [0.4, 0.5) is 0 Å². The second-order valence-electron chi connectivity index (χ2n) is 7.68. The Morgan fingerprint density at radius 3 is 0.529 bits per heavy atom. The van der Waals surface area contributed by atoms with Crippen LogP contribution >= 0.6 is 0 Å². The summed E-state index contributed by atoms with van der Waals surface area (Å²) in [5, 5.41) is 0. The monoisotopic (exact) mass is 325 g/mol. The Bertz CT molecular complexity index is 116. The van der Waals surface area contributed by atoms with E-state index in [0.29, 0.717) is 0 Å². The van der Waals surface area contributed by atoms with E-state index in [-0.39, 0.29) is 16.2 Å². The minimum atomic E-state index is 0.250. The molecule has 0 aromatic carbocycles. The van der Waals surface area contributed by atoms with Crippen LogP contribution in [0.3, 0.4) is 0 Å². The number of nitrogens with zero attached hydrogens (tertiary/aromatic N) is 1. The van der Waals surface area contributed by atoms with E-state index in [2.05, 4.69) is 83.1 Å². The van der Waals surface area contributed by atoms with Gasteiger partial charge in [0.25, 0.3) is 0 Å². The summed E-state index contributed by atoms with van der Waals surface area (Å²) in [6, 6.07) is 0. The van der Waals surface area contributed by atoms with Gasteiger partial charge in [-0.25, -0.2) is 0 Å². The van der Waals surface area contributed by atoms with Crippen LogP contribution in [0.25, 0.3) is 0 Å². The molecule has 0 heterocycles. The zero-order chi connectivity index (χ0) is 15.5. The second kappa shape index (κ2) is 11.5. The van der Waals surface area contributed by atoms with Gasteiger partial charge in [-0.2, -0.15) is 16.2 Å². The van der Waals surface area contributed by atoms with Crippen LogP contribution < -0.4 is 0 Å². The fraction of sp³-hybridized carbons (Fsp3) is 0.800. The molecule has 0 fully saturated rings. The first-order chi connectivity index (χ1) is 7.00. The third kappa shape index (κ3) is 21400. The van der Waals surface area contributed by atoms with Crippen LogP contribution in [-0.4, -0.2) is 0 Å². The second-order valence-corrected chi connectivity index (χ2v) is 7.68. The van der Waals surface area contributed by atoms with Crippen molar-refractivity contribution >= 4 is 0 Å². The third-order valence-electron chi connectivity index (χ3n) is 0. The summed E-state index contributed by atoms with van der Waals surface area (Å²) in [7, 11) is 0. The molecule has 0 unspecified atom stereocenters. The molecule has 0 aromatic heterocycles. The van der Waals surface area contributed by atoms with E-state index in [1.807, 2.05) is 0 Å². The van der Waals surface area contributed by atoms with Gasteiger partial charge < -0.3 is 20.8 Å². The molecule has 0 aliphatic rings.